The van der Waals surface area contributed by atoms with Gasteiger partial charge in [0.05, 0.1) is 6.04 Å². The van der Waals surface area contributed by atoms with Crippen LogP contribution in [0.3, 0.4) is 0 Å². The van der Waals surface area contributed by atoms with Crippen molar-refractivity contribution in [3.8, 4) is 0 Å². The van der Waals surface area contributed by atoms with Gasteiger partial charge in [0, 0.05) is 12.1 Å². The number of hydrogen-bond donors (Lipinski definition) is 2. The van der Waals surface area contributed by atoms with Crippen LogP contribution in [0.25, 0.3) is 0 Å². The highest BCUT2D eigenvalue weighted by Gasteiger charge is 2.41. The molecule has 19 heavy (non-hydrogen) atoms. The Kier molecular flexibility index (Phi) is 4.08. The van der Waals surface area contributed by atoms with Gasteiger partial charge < -0.3 is 10.6 Å². The molecule has 0 spiro atoms. The lowest BCUT2D eigenvalue weighted by molar-refractivity contribution is -0.126. The molecule has 3 rings (SSSR count). The summed E-state index contributed by atoms with van der Waals surface area (Å²) in [6, 6.07) is 1.26. The quantitative estimate of drug-likeness (QED) is 0.800. The summed E-state index contributed by atoms with van der Waals surface area (Å²) in [7, 11) is 0. The molecule has 0 radical (unpaired) electrons. The first kappa shape index (κ1) is 13.4. The molecule has 3 atom stereocenters. The topological polar surface area (TPSA) is 44.4 Å². The van der Waals surface area contributed by atoms with Gasteiger partial charge in [-0.15, -0.1) is 0 Å². The number of likely N-dealkylation sites (tertiary alicyclic amines) is 1. The number of amides is 1. The maximum atomic E-state index is 12.4. The molecule has 4 heteroatoms. The van der Waals surface area contributed by atoms with Crippen molar-refractivity contribution < 1.29 is 4.79 Å². The van der Waals surface area contributed by atoms with E-state index in [2.05, 4.69) is 22.5 Å². The molecule has 1 saturated carbocycles. The van der Waals surface area contributed by atoms with Crippen molar-refractivity contribution in [2.75, 3.05) is 19.6 Å². The van der Waals surface area contributed by atoms with Crippen molar-refractivity contribution in [2.45, 2.75) is 63.6 Å². The van der Waals surface area contributed by atoms with Crippen LogP contribution in [0.4, 0.5) is 0 Å². The van der Waals surface area contributed by atoms with Crippen LogP contribution in [-0.2, 0) is 4.79 Å². The van der Waals surface area contributed by atoms with E-state index in [1.807, 2.05) is 0 Å². The maximum absolute atomic E-state index is 12.4. The Bertz CT molecular complexity index is 327. The largest absolute Gasteiger partial charge is 0.352 e. The Hall–Kier alpha value is -0.610. The Balaban J connectivity index is 1.54. The predicted molar refractivity (Wildman–Crippen MR) is 75.9 cm³/mol. The lowest BCUT2D eigenvalue weighted by Crippen LogP contribution is -2.51. The van der Waals surface area contributed by atoms with E-state index in [-0.39, 0.29) is 6.04 Å². The third-order valence-electron chi connectivity index (χ3n) is 5.15. The highest BCUT2D eigenvalue weighted by molar-refractivity contribution is 5.82. The zero-order chi connectivity index (χ0) is 13.2. The summed E-state index contributed by atoms with van der Waals surface area (Å²) in [5.74, 6) is 1.05. The second kappa shape index (κ2) is 5.80. The van der Waals surface area contributed by atoms with Crippen LogP contribution < -0.4 is 10.6 Å². The normalized spacial score (nSPS) is 36.4. The zero-order valence-electron chi connectivity index (χ0n) is 12.0. The average Bonchev–Trinajstić information content (AvgIpc) is 3.01. The van der Waals surface area contributed by atoms with Gasteiger partial charge in [0.25, 0.3) is 0 Å². The van der Waals surface area contributed by atoms with Gasteiger partial charge in [-0.3, -0.25) is 9.69 Å². The van der Waals surface area contributed by atoms with Crippen LogP contribution in [0.15, 0.2) is 0 Å². The SMILES string of the molecule is CCC1CC1NC(=O)C1CCCN1C1CCNCC1. The van der Waals surface area contributed by atoms with E-state index in [1.165, 1.54) is 32.1 Å². The Morgan fingerprint density at radius 1 is 1.32 bits per heavy atom. The van der Waals surface area contributed by atoms with Crippen molar-refractivity contribution in [1.82, 2.24) is 15.5 Å². The molecular formula is C15H27N3O. The Morgan fingerprint density at radius 2 is 2.11 bits per heavy atom. The molecule has 2 N–H and O–H groups in total. The molecule has 0 aromatic carbocycles. The minimum atomic E-state index is 0.154. The highest BCUT2D eigenvalue weighted by atomic mass is 16.2. The molecular weight excluding hydrogens is 238 g/mol. The molecule has 2 aliphatic heterocycles. The lowest BCUT2D eigenvalue weighted by Gasteiger charge is -2.35. The molecule has 3 aliphatic rings. The molecule has 3 unspecified atom stereocenters. The van der Waals surface area contributed by atoms with Crippen molar-refractivity contribution >= 4 is 5.91 Å². The number of piperidine rings is 1. The second-order valence-corrected chi connectivity index (χ2v) is 6.40. The molecule has 2 heterocycles. The van der Waals surface area contributed by atoms with Crippen LogP contribution in [0.5, 0.6) is 0 Å². The number of hydrogen-bond acceptors (Lipinski definition) is 3. The van der Waals surface area contributed by atoms with E-state index in [1.54, 1.807) is 0 Å². The molecule has 1 aliphatic carbocycles. The summed E-state index contributed by atoms with van der Waals surface area (Å²) in [4.78, 5) is 14.9. The highest BCUT2D eigenvalue weighted by Crippen LogP contribution is 2.34. The van der Waals surface area contributed by atoms with Gasteiger partial charge in [0.15, 0.2) is 0 Å². The van der Waals surface area contributed by atoms with Crippen LogP contribution in [-0.4, -0.2) is 48.6 Å². The first-order valence-corrected chi connectivity index (χ1v) is 8.06. The molecule has 0 aromatic heterocycles. The molecule has 3 fully saturated rings. The third-order valence-corrected chi connectivity index (χ3v) is 5.15. The zero-order valence-corrected chi connectivity index (χ0v) is 12.0. The maximum Gasteiger partial charge on any atom is 0.237 e. The average molecular weight is 265 g/mol. The first-order valence-electron chi connectivity index (χ1n) is 8.06. The van der Waals surface area contributed by atoms with E-state index in [9.17, 15) is 4.79 Å². The Labute approximate surface area is 116 Å². The number of carbonyl (C=O) groups excluding carboxylic acids is 1. The molecule has 0 aromatic rings. The number of rotatable bonds is 4. The van der Waals surface area contributed by atoms with Gasteiger partial charge in [-0.2, -0.15) is 0 Å². The van der Waals surface area contributed by atoms with Gasteiger partial charge in [0.2, 0.25) is 5.91 Å². The van der Waals surface area contributed by atoms with E-state index >= 15 is 0 Å². The molecule has 4 nitrogen and oxygen atoms in total. The summed E-state index contributed by atoms with van der Waals surface area (Å²) >= 11 is 0. The molecule has 1 amide bonds. The number of nitrogens with zero attached hydrogens (tertiary/aromatic N) is 1. The van der Waals surface area contributed by atoms with Gasteiger partial charge >= 0.3 is 0 Å². The fourth-order valence-electron chi connectivity index (χ4n) is 3.80. The fourth-order valence-corrected chi connectivity index (χ4v) is 3.80. The van der Waals surface area contributed by atoms with E-state index in [0.717, 1.165) is 32.0 Å². The van der Waals surface area contributed by atoms with Gasteiger partial charge in [-0.05, 0) is 57.7 Å². The van der Waals surface area contributed by atoms with E-state index in [0.29, 0.717) is 18.0 Å². The van der Waals surface area contributed by atoms with Crippen LogP contribution in [0, 0.1) is 5.92 Å². The smallest absolute Gasteiger partial charge is 0.237 e. The van der Waals surface area contributed by atoms with Crippen molar-refractivity contribution in [1.29, 1.82) is 0 Å². The van der Waals surface area contributed by atoms with Gasteiger partial charge in [-0.1, -0.05) is 13.3 Å². The van der Waals surface area contributed by atoms with Crippen LogP contribution in [0.2, 0.25) is 0 Å². The van der Waals surface area contributed by atoms with Crippen LogP contribution >= 0.6 is 0 Å². The van der Waals surface area contributed by atoms with Crippen molar-refractivity contribution in [3.05, 3.63) is 0 Å². The predicted octanol–water partition coefficient (Wildman–Crippen LogP) is 1.12. The number of nitrogens with one attached hydrogen (secondary N) is 2. The standard InChI is InChI=1S/C15H27N3O/c1-2-11-10-13(11)17-15(19)14-4-3-9-18(14)12-5-7-16-8-6-12/h11-14,16H,2-10H2,1H3,(H,17,19). The number of carbonyl (C=O) groups is 1. The molecule has 2 saturated heterocycles. The van der Waals surface area contributed by atoms with Gasteiger partial charge in [-0.25, -0.2) is 0 Å². The summed E-state index contributed by atoms with van der Waals surface area (Å²) in [6.07, 6.45) is 7.04. The minimum Gasteiger partial charge on any atom is -0.352 e. The van der Waals surface area contributed by atoms with Gasteiger partial charge in [0.1, 0.15) is 0 Å². The first-order chi connectivity index (χ1) is 9.29. The lowest BCUT2D eigenvalue weighted by atomic mass is 10.0. The summed E-state index contributed by atoms with van der Waals surface area (Å²) < 4.78 is 0. The second-order valence-electron chi connectivity index (χ2n) is 6.40. The van der Waals surface area contributed by atoms with Crippen molar-refractivity contribution in [3.63, 3.8) is 0 Å². The van der Waals surface area contributed by atoms with Crippen LogP contribution in [0.1, 0.15) is 45.4 Å². The monoisotopic (exact) mass is 265 g/mol. The fraction of sp³-hybridized carbons (Fsp3) is 0.933. The summed E-state index contributed by atoms with van der Waals surface area (Å²) in [5, 5.41) is 6.68. The Morgan fingerprint density at radius 3 is 2.79 bits per heavy atom. The summed E-state index contributed by atoms with van der Waals surface area (Å²) in [5.41, 5.74) is 0. The third kappa shape index (κ3) is 2.95. The summed E-state index contributed by atoms with van der Waals surface area (Å²) in [6.45, 7) is 5.55. The molecule has 108 valence electrons. The van der Waals surface area contributed by atoms with E-state index in [4.69, 9.17) is 0 Å². The van der Waals surface area contributed by atoms with E-state index < -0.39 is 0 Å². The van der Waals surface area contributed by atoms with Crippen molar-refractivity contribution in [2.24, 2.45) is 5.92 Å². The molecule has 0 bridgehead atoms. The minimum absolute atomic E-state index is 0.154.